The summed E-state index contributed by atoms with van der Waals surface area (Å²) in [6, 6.07) is 12.6. The van der Waals surface area contributed by atoms with Gasteiger partial charge in [0.25, 0.3) is 0 Å². The molecule has 4 rings (SSSR count). The summed E-state index contributed by atoms with van der Waals surface area (Å²) in [6.07, 6.45) is -1.48. The van der Waals surface area contributed by atoms with Crippen LogP contribution in [-0.4, -0.2) is 66.4 Å². The van der Waals surface area contributed by atoms with Crippen molar-refractivity contribution in [1.29, 1.82) is 0 Å². The van der Waals surface area contributed by atoms with E-state index in [2.05, 4.69) is 0 Å². The Morgan fingerprint density at radius 2 is 0.977 bits per heavy atom. The van der Waals surface area contributed by atoms with Crippen molar-refractivity contribution in [3.63, 3.8) is 0 Å². The Balaban J connectivity index is 1.71. The van der Waals surface area contributed by atoms with E-state index in [1.165, 1.54) is 35.5 Å². The molecule has 13 heteroatoms. The molecule has 4 aromatic rings. The van der Waals surface area contributed by atoms with E-state index in [9.17, 15) is 19.2 Å². The molecule has 2 aromatic carbocycles. The first-order valence-corrected chi connectivity index (χ1v) is 13.3. The van der Waals surface area contributed by atoms with Crippen LogP contribution in [0.4, 0.5) is 9.59 Å². The molecule has 2 heterocycles. The summed E-state index contributed by atoms with van der Waals surface area (Å²) in [5.41, 5.74) is -0.476. The Morgan fingerprint density at radius 3 is 1.30 bits per heavy atom. The number of esters is 2. The number of hydrogen-bond donors (Lipinski definition) is 0. The Hall–Kier alpha value is -4.94. The first kappa shape index (κ1) is 31.0. The van der Waals surface area contributed by atoms with Crippen LogP contribution < -0.4 is 9.31 Å². The van der Waals surface area contributed by atoms with Gasteiger partial charge in [0.1, 0.15) is 11.2 Å². The minimum absolute atomic E-state index is 0.0687. The predicted octanol–water partition coefficient (Wildman–Crippen LogP) is 5.46. The van der Waals surface area contributed by atoms with E-state index in [1.54, 1.807) is 77.9 Å². The molecule has 0 aliphatic heterocycles. The van der Waals surface area contributed by atoms with Crippen LogP contribution in [0.25, 0.3) is 21.8 Å². The summed E-state index contributed by atoms with van der Waals surface area (Å²) in [7, 11) is 2.09. The van der Waals surface area contributed by atoms with E-state index >= 15 is 0 Å². The molecule has 0 aliphatic carbocycles. The number of benzene rings is 2. The number of ether oxygens (including phenoxy) is 4. The number of carbonyl (C=O) groups is 4. The van der Waals surface area contributed by atoms with Crippen molar-refractivity contribution in [2.75, 3.05) is 14.2 Å². The summed E-state index contributed by atoms with van der Waals surface area (Å²) in [4.78, 5) is 50.8. The average Bonchev–Trinajstić information content (AvgIpc) is 3.47. The SMILES string of the molecule is COC(=O)c1ccc2cc(OBOc3cc4ccc(C(=O)OC)cc4n3C(=O)OC(C)(C)C)n(C(=O)OC(C)(C)C)c2c1. The quantitative estimate of drug-likeness (QED) is 0.161. The molecular weight excluding hydrogens is 559 g/mol. The summed E-state index contributed by atoms with van der Waals surface area (Å²) in [5, 5.41) is 1.18. The molecule has 0 bridgehead atoms. The van der Waals surface area contributed by atoms with E-state index < -0.39 is 43.0 Å². The lowest BCUT2D eigenvalue weighted by Gasteiger charge is -2.21. The molecule has 226 valence electrons. The number of hydrogen-bond acceptors (Lipinski definition) is 10. The van der Waals surface area contributed by atoms with E-state index in [1.807, 2.05) is 0 Å². The van der Waals surface area contributed by atoms with Gasteiger partial charge < -0.3 is 28.3 Å². The third kappa shape index (κ3) is 6.93. The second kappa shape index (κ2) is 11.7. The zero-order chi connectivity index (χ0) is 31.7. The largest absolute Gasteiger partial charge is 0.578 e. The number of nitrogens with zero attached hydrogens (tertiary/aromatic N) is 2. The zero-order valence-electron chi connectivity index (χ0n) is 25.3. The van der Waals surface area contributed by atoms with Gasteiger partial charge >= 0.3 is 31.8 Å². The predicted molar refractivity (Wildman–Crippen MR) is 158 cm³/mol. The highest BCUT2D eigenvalue weighted by atomic mass is 16.6. The first-order valence-electron chi connectivity index (χ1n) is 13.3. The lowest BCUT2D eigenvalue weighted by Crippen LogP contribution is -2.29. The number of rotatable bonds is 6. The van der Waals surface area contributed by atoms with Gasteiger partial charge in [-0.2, -0.15) is 0 Å². The molecule has 0 amide bonds. The summed E-state index contributed by atoms with van der Waals surface area (Å²) >= 11 is 0. The summed E-state index contributed by atoms with van der Waals surface area (Å²) in [5.74, 6) is -1.01. The van der Waals surface area contributed by atoms with Crippen molar-refractivity contribution >= 4 is 53.6 Å². The zero-order valence-corrected chi connectivity index (χ0v) is 25.3. The molecule has 0 spiro atoms. The maximum atomic E-state index is 13.2. The molecule has 0 saturated carbocycles. The number of fused-ring (bicyclic) bond motifs is 2. The highest BCUT2D eigenvalue weighted by molar-refractivity contribution is 6.21. The van der Waals surface area contributed by atoms with Gasteiger partial charge in [0.05, 0.1) is 36.4 Å². The Morgan fingerprint density at radius 1 is 0.605 bits per heavy atom. The van der Waals surface area contributed by atoms with Gasteiger partial charge in [-0.15, -0.1) is 0 Å². The Bertz CT molecular complexity index is 1600. The summed E-state index contributed by atoms with van der Waals surface area (Å²) in [6.45, 7) is 10.3. The maximum Gasteiger partial charge on any atom is 0.578 e. The van der Waals surface area contributed by atoms with Crippen LogP contribution in [0, 0.1) is 0 Å². The number of methoxy groups -OCH3 is 2. The molecule has 0 fully saturated rings. The highest BCUT2D eigenvalue weighted by Crippen LogP contribution is 2.30. The van der Waals surface area contributed by atoms with Gasteiger partial charge in [-0.3, -0.25) is 0 Å². The van der Waals surface area contributed by atoms with Crippen molar-refractivity contribution in [1.82, 2.24) is 9.13 Å². The normalized spacial score (nSPS) is 11.6. The first-order chi connectivity index (χ1) is 20.1. The van der Waals surface area contributed by atoms with Crippen molar-refractivity contribution in [3.8, 4) is 11.8 Å². The molecule has 0 atom stereocenters. The van der Waals surface area contributed by atoms with Crippen LogP contribution >= 0.6 is 0 Å². The number of carbonyl (C=O) groups excluding carboxylic acids is 4. The van der Waals surface area contributed by atoms with E-state index in [0.717, 1.165) is 0 Å². The van der Waals surface area contributed by atoms with Crippen LogP contribution in [0.2, 0.25) is 0 Å². The third-order valence-corrected chi connectivity index (χ3v) is 5.95. The third-order valence-electron chi connectivity index (χ3n) is 5.95. The van der Waals surface area contributed by atoms with Crippen LogP contribution in [0.15, 0.2) is 48.5 Å². The molecule has 0 saturated heterocycles. The minimum Gasteiger partial charge on any atom is -0.515 e. The van der Waals surface area contributed by atoms with Gasteiger partial charge in [-0.25, -0.2) is 28.3 Å². The fraction of sp³-hybridized carbons (Fsp3) is 0.333. The lowest BCUT2D eigenvalue weighted by molar-refractivity contribution is 0.0528. The molecule has 0 aliphatic rings. The second-order valence-corrected chi connectivity index (χ2v) is 11.5. The topological polar surface area (TPSA) is 134 Å². The summed E-state index contributed by atoms with van der Waals surface area (Å²) < 4.78 is 34.9. The van der Waals surface area contributed by atoms with E-state index in [4.69, 9.17) is 28.3 Å². The average molecular weight is 592 g/mol. The Kier molecular flexibility index (Phi) is 8.47. The van der Waals surface area contributed by atoms with E-state index in [0.29, 0.717) is 21.8 Å². The fourth-order valence-corrected chi connectivity index (χ4v) is 4.20. The van der Waals surface area contributed by atoms with Crippen molar-refractivity contribution in [2.24, 2.45) is 0 Å². The molecule has 0 unspecified atom stereocenters. The van der Waals surface area contributed by atoms with Crippen LogP contribution in [0.5, 0.6) is 11.8 Å². The molecule has 12 nitrogen and oxygen atoms in total. The highest BCUT2D eigenvalue weighted by Gasteiger charge is 2.26. The van der Waals surface area contributed by atoms with Gasteiger partial charge in [-0.1, -0.05) is 12.1 Å². The fourth-order valence-electron chi connectivity index (χ4n) is 4.20. The van der Waals surface area contributed by atoms with Gasteiger partial charge in [0.15, 0.2) is 11.8 Å². The van der Waals surface area contributed by atoms with Crippen LogP contribution in [0.1, 0.15) is 62.3 Å². The number of aromatic nitrogens is 2. The van der Waals surface area contributed by atoms with Gasteiger partial charge in [0, 0.05) is 22.9 Å². The molecule has 2 aromatic heterocycles. The minimum atomic E-state index is -0.821. The van der Waals surface area contributed by atoms with Gasteiger partial charge in [-0.05, 0) is 65.8 Å². The van der Waals surface area contributed by atoms with Crippen molar-refractivity contribution in [2.45, 2.75) is 52.7 Å². The maximum absolute atomic E-state index is 13.2. The smallest absolute Gasteiger partial charge is 0.515 e. The molecule has 0 radical (unpaired) electrons. The van der Waals surface area contributed by atoms with Crippen LogP contribution in [0.3, 0.4) is 0 Å². The molecule has 0 N–H and O–H groups in total. The van der Waals surface area contributed by atoms with E-state index in [-0.39, 0.29) is 22.9 Å². The Labute approximate surface area is 248 Å². The second-order valence-electron chi connectivity index (χ2n) is 11.5. The molecule has 43 heavy (non-hydrogen) atoms. The van der Waals surface area contributed by atoms with Gasteiger partial charge in [0.2, 0.25) is 0 Å². The lowest BCUT2D eigenvalue weighted by atomic mass is 10.1. The monoisotopic (exact) mass is 592 g/mol. The standard InChI is InChI=1S/C30H33BN2O10/c1-29(2,3)40-27(36)32-21-13-19(25(34)38-7)11-9-17(21)15-23(32)42-31-43-24-16-18-10-12-20(26(35)39-8)14-22(18)33(24)28(37)41-30(4,5)6/h9-16,31H,1-8H3. The van der Waals surface area contributed by atoms with Crippen molar-refractivity contribution < 1.29 is 47.4 Å². The van der Waals surface area contributed by atoms with Crippen molar-refractivity contribution in [3.05, 3.63) is 59.7 Å². The molecular formula is C30H33BN2O10. The van der Waals surface area contributed by atoms with Crippen LogP contribution in [-0.2, 0) is 18.9 Å².